The first-order valence-corrected chi connectivity index (χ1v) is 6.49. The van der Waals surface area contributed by atoms with Crippen LogP contribution >= 0.6 is 0 Å². The zero-order chi connectivity index (χ0) is 15.1. The molecule has 0 bridgehead atoms. The number of anilines is 1. The summed E-state index contributed by atoms with van der Waals surface area (Å²) >= 11 is 0. The molecule has 0 aliphatic carbocycles. The highest BCUT2D eigenvalue weighted by Gasteiger charge is 2.07. The second-order valence-electron chi connectivity index (χ2n) is 4.14. The van der Waals surface area contributed by atoms with Gasteiger partial charge < -0.3 is 14.5 Å². The highest BCUT2D eigenvalue weighted by Crippen LogP contribution is 2.12. The summed E-state index contributed by atoms with van der Waals surface area (Å²) in [7, 11) is 0. The van der Waals surface area contributed by atoms with Crippen molar-refractivity contribution in [3.63, 3.8) is 0 Å². The lowest BCUT2D eigenvalue weighted by molar-refractivity contribution is -0.137. The molecule has 1 N–H and O–H groups in total. The molecule has 0 atom stereocenters. The Hall–Kier alpha value is -2.82. The van der Waals surface area contributed by atoms with Gasteiger partial charge in [0.1, 0.15) is 0 Å². The van der Waals surface area contributed by atoms with Gasteiger partial charge in [-0.2, -0.15) is 0 Å². The predicted octanol–water partition coefficient (Wildman–Crippen LogP) is 3.11. The van der Waals surface area contributed by atoms with Crippen LogP contribution < -0.4 is 5.32 Å². The Labute approximate surface area is 122 Å². The second-order valence-corrected chi connectivity index (χ2v) is 4.14. The molecule has 0 spiro atoms. The van der Waals surface area contributed by atoms with E-state index in [1.165, 1.54) is 12.3 Å². The fourth-order valence-corrected chi connectivity index (χ4v) is 1.63. The molecule has 0 radical (unpaired) electrons. The maximum atomic E-state index is 11.8. The minimum atomic E-state index is -0.382. The van der Waals surface area contributed by atoms with Crippen molar-refractivity contribution in [2.75, 3.05) is 11.9 Å². The molecule has 1 aromatic carbocycles. The molecular weight excluding hydrogens is 270 g/mol. The molecule has 2 rings (SSSR count). The van der Waals surface area contributed by atoms with E-state index in [4.69, 9.17) is 9.15 Å². The molecule has 0 aliphatic rings. The van der Waals surface area contributed by atoms with Gasteiger partial charge in [0, 0.05) is 11.8 Å². The Bertz CT molecular complexity index is 627. The summed E-state index contributed by atoms with van der Waals surface area (Å²) in [5, 5.41) is 2.71. The lowest BCUT2D eigenvalue weighted by atomic mass is 10.2. The van der Waals surface area contributed by atoms with Crippen molar-refractivity contribution >= 4 is 23.6 Å². The minimum absolute atomic E-state index is 0.251. The molecule has 0 unspecified atom stereocenters. The van der Waals surface area contributed by atoms with Crippen LogP contribution in [0, 0.1) is 0 Å². The number of benzene rings is 1. The van der Waals surface area contributed by atoms with Gasteiger partial charge in [0.05, 0.1) is 12.9 Å². The van der Waals surface area contributed by atoms with Gasteiger partial charge in [-0.1, -0.05) is 12.1 Å². The normalized spacial score (nSPS) is 10.5. The van der Waals surface area contributed by atoms with E-state index < -0.39 is 0 Å². The van der Waals surface area contributed by atoms with Crippen LogP contribution in [0.3, 0.4) is 0 Å². The smallest absolute Gasteiger partial charge is 0.330 e. The Morgan fingerprint density at radius 3 is 2.62 bits per heavy atom. The predicted molar refractivity (Wildman–Crippen MR) is 78.8 cm³/mol. The third-order valence-corrected chi connectivity index (χ3v) is 2.61. The Balaban J connectivity index is 1.96. The van der Waals surface area contributed by atoms with Crippen LogP contribution in [0.25, 0.3) is 6.08 Å². The lowest BCUT2D eigenvalue weighted by Crippen LogP contribution is -2.10. The van der Waals surface area contributed by atoms with Crippen molar-refractivity contribution in [3.8, 4) is 0 Å². The van der Waals surface area contributed by atoms with E-state index in [1.54, 1.807) is 49.4 Å². The summed E-state index contributed by atoms with van der Waals surface area (Å²) in [6.07, 6.45) is 4.45. The standard InChI is InChI=1S/C16H15NO4/c1-2-20-15(18)10-7-12-5-8-13(9-6-12)17-16(19)14-4-3-11-21-14/h3-11H,2H2,1H3,(H,17,19)/b10-7+. The summed E-state index contributed by atoms with van der Waals surface area (Å²) in [4.78, 5) is 23.0. The van der Waals surface area contributed by atoms with E-state index in [-0.39, 0.29) is 17.6 Å². The Morgan fingerprint density at radius 2 is 2.00 bits per heavy atom. The first kappa shape index (κ1) is 14.6. The van der Waals surface area contributed by atoms with E-state index in [1.807, 2.05) is 0 Å². The number of esters is 1. The minimum Gasteiger partial charge on any atom is -0.463 e. The highest BCUT2D eigenvalue weighted by atomic mass is 16.5. The van der Waals surface area contributed by atoms with Crippen molar-refractivity contribution < 1.29 is 18.7 Å². The van der Waals surface area contributed by atoms with Gasteiger partial charge in [0.15, 0.2) is 5.76 Å². The summed E-state index contributed by atoms with van der Waals surface area (Å²) in [5.74, 6) is -0.441. The van der Waals surface area contributed by atoms with E-state index in [9.17, 15) is 9.59 Å². The van der Waals surface area contributed by atoms with Gasteiger partial charge in [0.2, 0.25) is 0 Å². The zero-order valence-corrected chi connectivity index (χ0v) is 11.5. The molecule has 108 valence electrons. The molecule has 0 saturated carbocycles. The average Bonchev–Trinajstić information content (AvgIpc) is 3.01. The topological polar surface area (TPSA) is 68.5 Å². The number of hydrogen-bond donors (Lipinski definition) is 1. The van der Waals surface area contributed by atoms with Crippen LogP contribution in [-0.4, -0.2) is 18.5 Å². The van der Waals surface area contributed by atoms with E-state index in [2.05, 4.69) is 5.32 Å². The van der Waals surface area contributed by atoms with Crippen molar-refractivity contribution in [2.45, 2.75) is 6.92 Å². The molecule has 5 nitrogen and oxygen atoms in total. The number of nitrogens with one attached hydrogen (secondary N) is 1. The number of furan rings is 1. The van der Waals surface area contributed by atoms with Gasteiger partial charge in [0.25, 0.3) is 5.91 Å². The van der Waals surface area contributed by atoms with Gasteiger partial charge in [-0.15, -0.1) is 0 Å². The van der Waals surface area contributed by atoms with Crippen LogP contribution in [0.4, 0.5) is 5.69 Å². The van der Waals surface area contributed by atoms with Crippen molar-refractivity contribution in [1.29, 1.82) is 0 Å². The molecule has 2 aromatic rings. The maximum Gasteiger partial charge on any atom is 0.330 e. The molecule has 0 aliphatic heterocycles. The van der Waals surface area contributed by atoms with Crippen LogP contribution in [-0.2, 0) is 9.53 Å². The van der Waals surface area contributed by atoms with Gasteiger partial charge in [-0.05, 0) is 42.8 Å². The van der Waals surface area contributed by atoms with E-state index >= 15 is 0 Å². The summed E-state index contributed by atoms with van der Waals surface area (Å²) < 4.78 is 9.79. The summed E-state index contributed by atoms with van der Waals surface area (Å²) in [6, 6.07) is 10.3. The molecule has 1 amide bonds. The number of amides is 1. The second kappa shape index (κ2) is 7.09. The largest absolute Gasteiger partial charge is 0.463 e. The molecule has 5 heteroatoms. The monoisotopic (exact) mass is 285 g/mol. The summed E-state index contributed by atoms with van der Waals surface area (Å²) in [5.41, 5.74) is 1.48. The molecule has 0 fully saturated rings. The third-order valence-electron chi connectivity index (χ3n) is 2.61. The van der Waals surface area contributed by atoms with Gasteiger partial charge >= 0.3 is 5.97 Å². The highest BCUT2D eigenvalue weighted by molar-refractivity contribution is 6.02. The summed E-state index contributed by atoms with van der Waals surface area (Å²) in [6.45, 7) is 2.10. The van der Waals surface area contributed by atoms with Crippen molar-refractivity contribution in [1.82, 2.24) is 0 Å². The van der Waals surface area contributed by atoms with Crippen molar-refractivity contribution in [2.24, 2.45) is 0 Å². The number of carbonyl (C=O) groups excluding carboxylic acids is 2. The van der Waals surface area contributed by atoms with Crippen LogP contribution in [0.2, 0.25) is 0 Å². The van der Waals surface area contributed by atoms with Crippen LogP contribution in [0.1, 0.15) is 23.0 Å². The molecule has 0 saturated heterocycles. The van der Waals surface area contributed by atoms with E-state index in [0.717, 1.165) is 5.56 Å². The third kappa shape index (κ3) is 4.35. The quantitative estimate of drug-likeness (QED) is 0.677. The first-order valence-electron chi connectivity index (χ1n) is 6.49. The SMILES string of the molecule is CCOC(=O)/C=C/c1ccc(NC(=O)c2ccco2)cc1. The van der Waals surface area contributed by atoms with Crippen LogP contribution in [0.15, 0.2) is 53.2 Å². The number of ether oxygens (including phenoxy) is 1. The van der Waals surface area contributed by atoms with E-state index in [0.29, 0.717) is 12.3 Å². The average molecular weight is 285 g/mol. The van der Waals surface area contributed by atoms with Crippen LogP contribution in [0.5, 0.6) is 0 Å². The fourth-order valence-electron chi connectivity index (χ4n) is 1.63. The lowest BCUT2D eigenvalue weighted by Gasteiger charge is -2.03. The molecule has 1 aromatic heterocycles. The zero-order valence-electron chi connectivity index (χ0n) is 11.5. The number of rotatable bonds is 5. The fraction of sp³-hybridized carbons (Fsp3) is 0.125. The van der Waals surface area contributed by atoms with Crippen molar-refractivity contribution in [3.05, 3.63) is 60.1 Å². The molecule has 21 heavy (non-hydrogen) atoms. The molecule has 1 heterocycles. The Kier molecular flexibility index (Phi) is 4.93. The van der Waals surface area contributed by atoms with Gasteiger partial charge in [-0.3, -0.25) is 4.79 Å². The van der Waals surface area contributed by atoms with Gasteiger partial charge in [-0.25, -0.2) is 4.79 Å². The number of carbonyl (C=O) groups is 2. The molecular formula is C16H15NO4. The maximum absolute atomic E-state index is 11.8. The Morgan fingerprint density at radius 1 is 1.24 bits per heavy atom. The first-order chi connectivity index (χ1) is 10.2. The number of hydrogen-bond acceptors (Lipinski definition) is 4.